The van der Waals surface area contributed by atoms with Crippen LogP contribution in [-0.2, 0) is 16.8 Å². The van der Waals surface area contributed by atoms with Crippen LogP contribution in [-0.4, -0.2) is 18.1 Å². The van der Waals surface area contributed by atoms with E-state index in [1.165, 1.54) is 0 Å². The number of fused-ring (bicyclic) bond motifs is 1. The Hall–Kier alpha value is -2.20. The molecule has 4 nitrogen and oxygen atoms in total. The van der Waals surface area contributed by atoms with Crippen molar-refractivity contribution in [3.05, 3.63) is 81.4 Å². The van der Waals surface area contributed by atoms with Crippen LogP contribution >= 0.6 is 0 Å². The first-order valence-electron chi connectivity index (χ1n) is 6.62. The summed E-state index contributed by atoms with van der Waals surface area (Å²) in [6, 6.07) is 17.3. The average Bonchev–Trinajstić information content (AvgIpc) is 2.48. The van der Waals surface area contributed by atoms with Crippen molar-refractivity contribution in [2.45, 2.75) is 12.0 Å². The van der Waals surface area contributed by atoms with Gasteiger partial charge in [-0.05, 0) is 23.1 Å². The first-order valence-corrected chi connectivity index (χ1v) is 6.62. The molecule has 0 fully saturated rings. The number of nitro groups is 1. The fraction of sp³-hybridized carbons (Fsp3) is 0.250. The van der Waals surface area contributed by atoms with Crippen LogP contribution < -0.4 is 0 Å². The van der Waals surface area contributed by atoms with Crippen LogP contribution in [0.1, 0.15) is 16.7 Å². The normalized spacial score (nSPS) is 21.2. The standard InChI is InChI=1S/C16H15NO3/c18-17(19)12-16(14-7-2-1-3-8-14)15-9-5-4-6-13(15)10-11-20-16/h1-9H,10-12H2. The van der Waals surface area contributed by atoms with Gasteiger partial charge in [0.05, 0.1) is 6.61 Å². The molecule has 1 heterocycles. The molecule has 2 aromatic carbocycles. The Morgan fingerprint density at radius 3 is 2.55 bits per heavy atom. The molecule has 0 bridgehead atoms. The van der Waals surface area contributed by atoms with E-state index in [1.54, 1.807) is 0 Å². The molecule has 0 saturated carbocycles. The largest absolute Gasteiger partial charge is 0.358 e. The van der Waals surface area contributed by atoms with Gasteiger partial charge < -0.3 is 4.74 Å². The van der Waals surface area contributed by atoms with Crippen LogP contribution in [0.3, 0.4) is 0 Å². The highest BCUT2D eigenvalue weighted by molar-refractivity contribution is 5.43. The maximum atomic E-state index is 11.2. The molecular formula is C16H15NO3. The highest BCUT2D eigenvalue weighted by atomic mass is 16.6. The van der Waals surface area contributed by atoms with E-state index in [2.05, 4.69) is 0 Å². The van der Waals surface area contributed by atoms with E-state index < -0.39 is 5.60 Å². The Labute approximate surface area is 117 Å². The van der Waals surface area contributed by atoms with Gasteiger partial charge in [-0.1, -0.05) is 54.6 Å². The fourth-order valence-corrected chi connectivity index (χ4v) is 2.90. The predicted octanol–water partition coefficient (Wildman–Crippen LogP) is 2.78. The molecule has 1 unspecified atom stereocenters. The maximum absolute atomic E-state index is 11.2. The third kappa shape index (κ3) is 2.08. The van der Waals surface area contributed by atoms with Crippen LogP contribution in [0.2, 0.25) is 0 Å². The molecule has 0 N–H and O–H groups in total. The van der Waals surface area contributed by atoms with E-state index in [-0.39, 0.29) is 11.5 Å². The molecule has 20 heavy (non-hydrogen) atoms. The zero-order chi connectivity index (χ0) is 14.0. The minimum absolute atomic E-state index is 0.256. The quantitative estimate of drug-likeness (QED) is 0.636. The van der Waals surface area contributed by atoms with Gasteiger partial charge in [0.25, 0.3) is 0 Å². The van der Waals surface area contributed by atoms with Gasteiger partial charge in [-0.15, -0.1) is 0 Å². The molecule has 1 atom stereocenters. The molecule has 3 rings (SSSR count). The summed E-state index contributed by atoms with van der Waals surface area (Å²) >= 11 is 0. The Balaban J connectivity index is 2.20. The zero-order valence-corrected chi connectivity index (χ0v) is 11.0. The summed E-state index contributed by atoms with van der Waals surface area (Å²) in [6.45, 7) is 0.244. The van der Waals surface area contributed by atoms with Gasteiger partial charge in [-0.3, -0.25) is 10.1 Å². The van der Waals surface area contributed by atoms with Gasteiger partial charge in [0.2, 0.25) is 6.54 Å². The lowest BCUT2D eigenvalue weighted by molar-refractivity contribution is -0.501. The van der Waals surface area contributed by atoms with Crippen LogP contribution in [0.5, 0.6) is 0 Å². The highest BCUT2D eigenvalue weighted by Gasteiger charge is 2.44. The third-order valence-corrected chi connectivity index (χ3v) is 3.76. The Kier molecular flexibility index (Phi) is 3.24. The highest BCUT2D eigenvalue weighted by Crippen LogP contribution is 2.39. The zero-order valence-electron chi connectivity index (χ0n) is 11.0. The number of rotatable bonds is 3. The van der Waals surface area contributed by atoms with Crippen molar-refractivity contribution in [2.24, 2.45) is 0 Å². The summed E-state index contributed by atoms with van der Waals surface area (Å²) in [6.07, 6.45) is 0.794. The Morgan fingerprint density at radius 2 is 1.80 bits per heavy atom. The number of hydrogen-bond acceptors (Lipinski definition) is 3. The summed E-state index contributed by atoms with van der Waals surface area (Å²) in [5, 5.41) is 11.2. The Morgan fingerprint density at radius 1 is 1.10 bits per heavy atom. The Bertz CT molecular complexity index is 627. The van der Waals surface area contributed by atoms with Gasteiger partial charge in [0, 0.05) is 4.92 Å². The van der Waals surface area contributed by atoms with E-state index in [0.717, 1.165) is 23.1 Å². The lowest BCUT2D eigenvalue weighted by atomic mass is 9.81. The van der Waals surface area contributed by atoms with Crippen molar-refractivity contribution in [1.82, 2.24) is 0 Å². The molecule has 0 spiro atoms. The van der Waals surface area contributed by atoms with Crippen molar-refractivity contribution in [2.75, 3.05) is 13.2 Å². The molecule has 4 heteroatoms. The number of nitrogens with zero attached hydrogens (tertiary/aromatic N) is 1. The van der Waals surface area contributed by atoms with Gasteiger partial charge in [0.1, 0.15) is 0 Å². The number of benzene rings is 2. The molecular weight excluding hydrogens is 254 g/mol. The summed E-state index contributed by atoms with van der Waals surface area (Å²) in [5.41, 5.74) is 1.90. The first-order chi connectivity index (χ1) is 9.72. The second kappa shape index (κ2) is 5.06. The molecule has 2 aromatic rings. The molecule has 0 radical (unpaired) electrons. The summed E-state index contributed by atoms with van der Waals surface area (Å²) in [5.74, 6) is 0. The summed E-state index contributed by atoms with van der Waals surface area (Å²) < 4.78 is 5.95. The van der Waals surface area contributed by atoms with Crippen LogP contribution in [0.4, 0.5) is 0 Å². The van der Waals surface area contributed by atoms with Crippen LogP contribution in [0.25, 0.3) is 0 Å². The van der Waals surface area contributed by atoms with Gasteiger partial charge >= 0.3 is 0 Å². The van der Waals surface area contributed by atoms with E-state index in [0.29, 0.717) is 6.61 Å². The average molecular weight is 269 g/mol. The predicted molar refractivity (Wildman–Crippen MR) is 75.2 cm³/mol. The van der Waals surface area contributed by atoms with E-state index in [1.807, 2.05) is 54.6 Å². The van der Waals surface area contributed by atoms with Gasteiger partial charge in [-0.25, -0.2) is 0 Å². The van der Waals surface area contributed by atoms with E-state index >= 15 is 0 Å². The summed E-state index contributed by atoms with van der Waals surface area (Å²) in [7, 11) is 0. The van der Waals surface area contributed by atoms with Crippen LogP contribution in [0, 0.1) is 10.1 Å². The minimum atomic E-state index is -0.973. The van der Waals surface area contributed by atoms with Gasteiger partial charge in [-0.2, -0.15) is 0 Å². The minimum Gasteiger partial charge on any atom is -0.358 e. The van der Waals surface area contributed by atoms with E-state index in [4.69, 9.17) is 4.74 Å². The molecule has 1 aliphatic rings. The van der Waals surface area contributed by atoms with Crippen molar-refractivity contribution in [3.63, 3.8) is 0 Å². The maximum Gasteiger partial charge on any atom is 0.240 e. The van der Waals surface area contributed by atoms with Crippen LogP contribution in [0.15, 0.2) is 54.6 Å². The monoisotopic (exact) mass is 269 g/mol. The molecule has 1 aliphatic heterocycles. The lowest BCUT2D eigenvalue weighted by Crippen LogP contribution is -2.42. The topological polar surface area (TPSA) is 52.4 Å². The lowest BCUT2D eigenvalue weighted by Gasteiger charge is -2.36. The fourth-order valence-electron chi connectivity index (χ4n) is 2.90. The third-order valence-electron chi connectivity index (χ3n) is 3.76. The number of hydrogen-bond donors (Lipinski definition) is 0. The second-order valence-corrected chi connectivity index (χ2v) is 4.94. The molecule has 0 aliphatic carbocycles. The van der Waals surface area contributed by atoms with Crippen molar-refractivity contribution in [3.8, 4) is 0 Å². The molecule has 0 saturated heterocycles. The molecule has 102 valence electrons. The molecule has 0 aromatic heterocycles. The first kappa shape index (κ1) is 12.8. The van der Waals surface area contributed by atoms with Gasteiger partial charge in [0.15, 0.2) is 5.60 Å². The second-order valence-electron chi connectivity index (χ2n) is 4.94. The van der Waals surface area contributed by atoms with Crippen molar-refractivity contribution < 1.29 is 9.66 Å². The van der Waals surface area contributed by atoms with E-state index in [9.17, 15) is 10.1 Å². The SMILES string of the molecule is O=[N+]([O-])CC1(c2ccccc2)OCCc2ccccc21. The van der Waals surface area contributed by atoms with Crippen molar-refractivity contribution in [1.29, 1.82) is 0 Å². The smallest absolute Gasteiger partial charge is 0.240 e. The van der Waals surface area contributed by atoms with Crippen molar-refractivity contribution >= 4 is 0 Å². The molecule has 0 amide bonds. The number of ether oxygens (including phenoxy) is 1. The summed E-state index contributed by atoms with van der Waals surface area (Å²) in [4.78, 5) is 10.9.